The maximum absolute atomic E-state index is 13.7. The quantitative estimate of drug-likeness (QED) is 0.679. The molecule has 2 heterocycles. The fourth-order valence-electron chi connectivity index (χ4n) is 2.38. The van der Waals surface area contributed by atoms with Gasteiger partial charge in [0.2, 0.25) is 5.91 Å². The molecule has 0 bridgehead atoms. The van der Waals surface area contributed by atoms with Gasteiger partial charge >= 0.3 is 6.18 Å². The fourth-order valence-corrected chi connectivity index (χ4v) is 2.38. The second-order valence-electron chi connectivity index (χ2n) is 6.15. The van der Waals surface area contributed by atoms with Gasteiger partial charge in [-0.1, -0.05) is 0 Å². The molecule has 0 N–H and O–H groups in total. The zero-order valence-electron chi connectivity index (χ0n) is 15.8. The first-order valence-corrected chi connectivity index (χ1v) is 8.23. The number of carbonyl (C=O) groups is 2. The number of pyridine rings is 2. The maximum Gasteiger partial charge on any atom is 0.435 e. The number of alkyl halides is 3. The van der Waals surface area contributed by atoms with E-state index >= 15 is 0 Å². The third-order valence-electron chi connectivity index (χ3n) is 3.79. The Bertz CT molecular complexity index is 903. The molecule has 7 nitrogen and oxygen atoms in total. The Morgan fingerprint density at radius 2 is 1.83 bits per heavy atom. The van der Waals surface area contributed by atoms with Gasteiger partial charge in [0.05, 0.1) is 17.6 Å². The Morgan fingerprint density at radius 1 is 1.14 bits per heavy atom. The van der Waals surface area contributed by atoms with E-state index in [2.05, 4.69) is 9.97 Å². The molecule has 2 aromatic heterocycles. The molecule has 2 amide bonds. The first kappa shape index (κ1) is 22.2. The van der Waals surface area contributed by atoms with Crippen LogP contribution in [0.5, 0.6) is 0 Å². The summed E-state index contributed by atoms with van der Waals surface area (Å²) in [4.78, 5) is 33.4. The van der Waals surface area contributed by atoms with Crippen molar-refractivity contribution in [3.05, 3.63) is 42.1 Å². The number of likely N-dealkylation sites (N-methyl/N-ethyl adjacent to an activating group) is 1. The van der Waals surface area contributed by atoms with Crippen LogP contribution in [-0.2, 0) is 20.5 Å². The summed E-state index contributed by atoms with van der Waals surface area (Å²) in [6, 6.07) is 3.18. The lowest BCUT2D eigenvalue weighted by molar-refractivity contribution is -0.141. The first-order chi connectivity index (χ1) is 13.5. The van der Waals surface area contributed by atoms with Crippen molar-refractivity contribution in [3.63, 3.8) is 0 Å². The monoisotopic (exact) mass is 414 g/mol. The van der Waals surface area contributed by atoms with Crippen molar-refractivity contribution in [3.8, 4) is 11.3 Å². The molecule has 0 aliphatic heterocycles. The summed E-state index contributed by atoms with van der Waals surface area (Å²) in [6.07, 6.45) is -2.88. The molecule has 0 spiro atoms. The van der Waals surface area contributed by atoms with Gasteiger partial charge in [-0.2, -0.15) is 13.2 Å². The Hall–Kier alpha value is -3.08. The van der Waals surface area contributed by atoms with Crippen LogP contribution in [0.1, 0.15) is 5.69 Å². The van der Waals surface area contributed by atoms with Gasteiger partial charge in [0.15, 0.2) is 5.69 Å². The average Bonchev–Trinajstić information content (AvgIpc) is 2.64. The summed E-state index contributed by atoms with van der Waals surface area (Å²) in [7, 11) is 4.02. The number of hydrogen-bond donors (Lipinski definition) is 0. The van der Waals surface area contributed by atoms with Crippen LogP contribution < -0.4 is 4.90 Å². The van der Waals surface area contributed by atoms with Crippen molar-refractivity contribution in [1.29, 1.82) is 0 Å². The summed E-state index contributed by atoms with van der Waals surface area (Å²) in [5, 5.41) is 0. The predicted octanol–water partition coefficient (Wildman–Crippen LogP) is 2.37. The van der Waals surface area contributed by atoms with Crippen molar-refractivity contribution in [2.45, 2.75) is 6.18 Å². The Labute approximate surface area is 163 Å². The second-order valence-corrected chi connectivity index (χ2v) is 6.15. The molecule has 0 aromatic carbocycles. The summed E-state index contributed by atoms with van der Waals surface area (Å²) < 4.78 is 59.2. The molecule has 0 aliphatic carbocycles. The van der Waals surface area contributed by atoms with Crippen molar-refractivity contribution in [1.82, 2.24) is 14.9 Å². The number of carbonyl (C=O) groups excluding carboxylic acids is 2. The zero-order chi connectivity index (χ0) is 21.8. The lowest BCUT2D eigenvalue weighted by atomic mass is 10.1. The summed E-state index contributed by atoms with van der Waals surface area (Å²) in [6.45, 7) is -1.17. The van der Waals surface area contributed by atoms with Crippen LogP contribution in [-0.4, -0.2) is 61.0 Å². The van der Waals surface area contributed by atoms with E-state index in [0.717, 1.165) is 29.4 Å². The van der Waals surface area contributed by atoms with Gasteiger partial charge in [-0.3, -0.25) is 19.5 Å². The van der Waals surface area contributed by atoms with Crippen LogP contribution in [0.2, 0.25) is 0 Å². The van der Waals surface area contributed by atoms with Crippen LogP contribution in [0.15, 0.2) is 30.6 Å². The standard InChI is InChI=1S/C18H18F4N4O3/c1-25(2)15(27)9-26(16(28)10-29-3)14-5-4-13(24-17(14)18(20,21)22)11-6-12(19)8-23-7-11/h4-8H,9-10H2,1-3H3. The number of hydrogen-bond acceptors (Lipinski definition) is 5. The van der Waals surface area contributed by atoms with Crippen LogP contribution in [0.4, 0.5) is 23.2 Å². The third kappa shape index (κ3) is 5.47. The Kier molecular flexibility index (Phi) is 6.85. The number of amides is 2. The van der Waals surface area contributed by atoms with Crippen molar-refractivity contribution >= 4 is 17.5 Å². The van der Waals surface area contributed by atoms with Crippen molar-refractivity contribution in [2.24, 2.45) is 0 Å². The van der Waals surface area contributed by atoms with Crippen LogP contribution >= 0.6 is 0 Å². The molecular formula is C18H18F4N4O3. The molecule has 2 rings (SSSR count). The number of nitrogens with zero attached hydrogens (tertiary/aromatic N) is 4. The van der Waals surface area contributed by atoms with Gasteiger partial charge in [0, 0.05) is 33.0 Å². The summed E-state index contributed by atoms with van der Waals surface area (Å²) >= 11 is 0. The van der Waals surface area contributed by atoms with Gasteiger partial charge in [0.25, 0.3) is 5.91 Å². The molecule has 0 aliphatic rings. The second kappa shape index (κ2) is 8.95. The number of ether oxygens (including phenoxy) is 1. The maximum atomic E-state index is 13.7. The van der Waals surface area contributed by atoms with Gasteiger partial charge in [-0.05, 0) is 18.2 Å². The molecule has 29 heavy (non-hydrogen) atoms. The lowest BCUT2D eigenvalue weighted by Crippen LogP contribution is -2.43. The smallest absolute Gasteiger partial charge is 0.375 e. The molecule has 0 fully saturated rings. The SMILES string of the molecule is COCC(=O)N(CC(=O)N(C)C)c1ccc(-c2cncc(F)c2)nc1C(F)(F)F. The molecular weight excluding hydrogens is 396 g/mol. The van der Waals surface area contributed by atoms with Gasteiger partial charge < -0.3 is 9.64 Å². The van der Waals surface area contributed by atoms with Gasteiger partial charge in [0.1, 0.15) is 19.0 Å². The van der Waals surface area contributed by atoms with E-state index in [1.54, 1.807) is 0 Å². The summed E-state index contributed by atoms with van der Waals surface area (Å²) in [5.41, 5.74) is -2.16. The van der Waals surface area contributed by atoms with Crippen LogP contribution in [0.25, 0.3) is 11.3 Å². The highest BCUT2D eigenvalue weighted by Gasteiger charge is 2.39. The van der Waals surface area contributed by atoms with Crippen molar-refractivity contribution in [2.75, 3.05) is 39.3 Å². The highest BCUT2D eigenvalue weighted by Crippen LogP contribution is 2.37. The molecule has 156 valence electrons. The van der Waals surface area contributed by atoms with E-state index < -0.39 is 48.3 Å². The van der Waals surface area contributed by atoms with E-state index in [9.17, 15) is 27.2 Å². The minimum atomic E-state index is -4.95. The Balaban J connectivity index is 2.60. The number of halogens is 4. The van der Waals surface area contributed by atoms with E-state index in [4.69, 9.17) is 4.74 Å². The molecule has 0 saturated carbocycles. The molecule has 2 aromatic rings. The average molecular weight is 414 g/mol. The molecule has 0 unspecified atom stereocenters. The number of methoxy groups -OCH3 is 1. The Morgan fingerprint density at radius 3 is 2.38 bits per heavy atom. The molecule has 0 radical (unpaired) electrons. The van der Waals surface area contributed by atoms with Crippen molar-refractivity contribution < 1.29 is 31.9 Å². The van der Waals surface area contributed by atoms with Crippen LogP contribution in [0, 0.1) is 5.82 Å². The topological polar surface area (TPSA) is 75.6 Å². The van der Waals surface area contributed by atoms with E-state index in [-0.39, 0.29) is 11.3 Å². The van der Waals surface area contributed by atoms with E-state index in [0.29, 0.717) is 4.90 Å². The zero-order valence-corrected chi connectivity index (χ0v) is 15.8. The number of aromatic nitrogens is 2. The lowest BCUT2D eigenvalue weighted by Gasteiger charge is -2.26. The highest BCUT2D eigenvalue weighted by molar-refractivity contribution is 6.00. The normalized spacial score (nSPS) is 11.3. The number of anilines is 1. The predicted molar refractivity (Wildman–Crippen MR) is 95.4 cm³/mol. The van der Waals surface area contributed by atoms with E-state index in [1.165, 1.54) is 27.3 Å². The first-order valence-electron chi connectivity index (χ1n) is 8.23. The highest BCUT2D eigenvalue weighted by atomic mass is 19.4. The summed E-state index contributed by atoms with van der Waals surface area (Å²) in [5.74, 6) is -2.19. The van der Waals surface area contributed by atoms with Gasteiger partial charge in [-0.25, -0.2) is 9.37 Å². The molecule has 0 atom stereocenters. The molecule has 0 saturated heterocycles. The third-order valence-corrected chi connectivity index (χ3v) is 3.79. The van der Waals surface area contributed by atoms with Gasteiger partial charge in [-0.15, -0.1) is 0 Å². The van der Waals surface area contributed by atoms with E-state index in [1.807, 2.05) is 0 Å². The van der Waals surface area contributed by atoms with Crippen LogP contribution in [0.3, 0.4) is 0 Å². The molecule has 11 heteroatoms. The number of rotatable bonds is 6. The largest absolute Gasteiger partial charge is 0.435 e. The minimum Gasteiger partial charge on any atom is -0.375 e. The fraction of sp³-hybridized carbons (Fsp3) is 0.333. The minimum absolute atomic E-state index is 0.0289.